The highest BCUT2D eigenvalue weighted by atomic mass is 19.1. The van der Waals surface area contributed by atoms with Crippen molar-refractivity contribution in [2.75, 3.05) is 13.2 Å². The van der Waals surface area contributed by atoms with Gasteiger partial charge in [0, 0.05) is 31.7 Å². The zero-order valence-electron chi connectivity index (χ0n) is 20.3. The summed E-state index contributed by atoms with van der Waals surface area (Å²) in [7, 11) is 0. The number of amides is 2. The van der Waals surface area contributed by atoms with Gasteiger partial charge in [0.1, 0.15) is 23.1 Å². The van der Waals surface area contributed by atoms with Gasteiger partial charge >= 0.3 is 12.1 Å². The molecule has 0 saturated heterocycles. The van der Waals surface area contributed by atoms with Crippen molar-refractivity contribution < 1.29 is 32.6 Å². The van der Waals surface area contributed by atoms with Crippen molar-refractivity contribution in [1.82, 2.24) is 19.8 Å². The van der Waals surface area contributed by atoms with Crippen LogP contribution >= 0.6 is 0 Å². The summed E-state index contributed by atoms with van der Waals surface area (Å²) < 4.78 is 40.0. The molecule has 0 spiro atoms. The minimum atomic E-state index is -0.842. The summed E-state index contributed by atoms with van der Waals surface area (Å²) in [6.45, 7) is 7.95. The Morgan fingerprint density at radius 1 is 1.20 bits per heavy atom. The number of hydrogen-bond acceptors (Lipinski definition) is 6. The van der Waals surface area contributed by atoms with Gasteiger partial charge in [0.2, 0.25) is 5.91 Å². The fourth-order valence-electron chi connectivity index (χ4n) is 3.72. The zero-order valence-corrected chi connectivity index (χ0v) is 20.3. The fourth-order valence-corrected chi connectivity index (χ4v) is 3.72. The number of aromatic nitrogens is 2. The first-order valence-corrected chi connectivity index (χ1v) is 11.4. The number of esters is 1. The van der Waals surface area contributed by atoms with E-state index in [0.717, 1.165) is 18.2 Å². The quantitative estimate of drug-likeness (QED) is 0.596. The molecule has 1 aromatic heterocycles. The molecule has 1 aliphatic rings. The van der Waals surface area contributed by atoms with Crippen LogP contribution in [0.3, 0.4) is 0 Å². The third kappa shape index (κ3) is 7.24. The Bertz CT molecular complexity index is 1100. The lowest BCUT2D eigenvalue weighted by molar-refractivity contribution is -0.133. The predicted molar refractivity (Wildman–Crippen MR) is 121 cm³/mol. The van der Waals surface area contributed by atoms with Crippen LogP contribution in [0.1, 0.15) is 56.0 Å². The molecule has 0 saturated carbocycles. The molecule has 0 radical (unpaired) electrons. The highest BCUT2D eigenvalue weighted by Crippen LogP contribution is 2.18. The van der Waals surface area contributed by atoms with Gasteiger partial charge in [0.05, 0.1) is 13.2 Å². The third-order valence-corrected chi connectivity index (χ3v) is 5.26. The van der Waals surface area contributed by atoms with Crippen LogP contribution in [0.15, 0.2) is 24.4 Å². The monoisotopic (exact) mass is 492 g/mol. The van der Waals surface area contributed by atoms with E-state index in [4.69, 9.17) is 9.47 Å². The Morgan fingerprint density at radius 2 is 1.94 bits per heavy atom. The van der Waals surface area contributed by atoms with Crippen molar-refractivity contribution in [3.63, 3.8) is 0 Å². The van der Waals surface area contributed by atoms with Crippen LogP contribution in [0.2, 0.25) is 0 Å². The lowest BCUT2D eigenvalue weighted by Gasteiger charge is -2.30. The molecule has 35 heavy (non-hydrogen) atoms. The topological polar surface area (TPSA) is 103 Å². The summed E-state index contributed by atoms with van der Waals surface area (Å²) in [4.78, 5) is 43.3. The number of hydrogen-bond donors (Lipinski definition) is 1. The fraction of sp³-hybridized carbons (Fsp3) is 0.500. The standard InChI is InChI=1S/C24H30F2N4O5/c1-5-34-22(32)19-13-29-8-9-30(14-20(29)28-19)21(31)12-17(27-23(33)35-24(2,3)4)11-15-10-16(25)6-7-18(15)26/h6-7,10,13,17H,5,8-9,11-12,14H2,1-4H3,(H,27,33). The number of rotatable bonds is 7. The highest BCUT2D eigenvalue weighted by Gasteiger charge is 2.28. The number of alkyl carbamates (subject to hydrolysis) is 1. The van der Waals surface area contributed by atoms with Gasteiger partial charge in [-0.15, -0.1) is 0 Å². The van der Waals surface area contributed by atoms with Crippen LogP contribution in [-0.2, 0) is 33.8 Å². The molecule has 2 amide bonds. The average Bonchev–Trinajstić information content (AvgIpc) is 3.18. The Hall–Kier alpha value is -3.50. The number of fused-ring (bicyclic) bond motifs is 1. The number of imidazole rings is 1. The van der Waals surface area contributed by atoms with E-state index in [1.54, 1.807) is 43.4 Å². The number of ether oxygens (including phenoxy) is 2. The van der Waals surface area contributed by atoms with Gasteiger partial charge in [0.25, 0.3) is 0 Å². The van der Waals surface area contributed by atoms with Crippen molar-refractivity contribution in [3.8, 4) is 0 Å². The van der Waals surface area contributed by atoms with Crippen LogP contribution in [0.4, 0.5) is 13.6 Å². The SMILES string of the molecule is CCOC(=O)c1cn2c(n1)CN(C(=O)CC(Cc1cc(F)ccc1F)NC(=O)OC(C)(C)C)CC2. The second kappa shape index (κ2) is 10.8. The van der Waals surface area contributed by atoms with E-state index in [9.17, 15) is 23.2 Å². The van der Waals surface area contributed by atoms with E-state index in [1.807, 2.05) is 0 Å². The Kier molecular flexibility index (Phi) is 8.08. The summed E-state index contributed by atoms with van der Waals surface area (Å²) in [6.07, 6.45) is 0.555. The maximum absolute atomic E-state index is 14.3. The van der Waals surface area contributed by atoms with Crippen molar-refractivity contribution in [1.29, 1.82) is 0 Å². The van der Waals surface area contributed by atoms with Crippen molar-refractivity contribution in [2.45, 2.75) is 65.3 Å². The maximum Gasteiger partial charge on any atom is 0.407 e. The van der Waals surface area contributed by atoms with Gasteiger partial charge in [-0.25, -0.2) is 23.4 Å². The molecule has 0 bridgehead atoms. The molecular formula is C24H30F2N4O5. The van der Waals surface area contributed by atoms with E-state index in [2.05, 4.69) is 10.3 Å². The summed E-state index contributed by atoms with van der Waals surface area (Å²) in [6, 6.07) is 2.20. The molecule has 0 aliphatic carbocycles. The Balaban J connectivity index is 1.72. The normalized spacial score (nSPS) is 14.2. The number of nitrogens with one attached hydrogen (secondary N) is 1. The lowest BCUT2D eigenvalue weighted by atomic mass is 10.0. The van der Waals surface area contributed by atoms with E-state index in [-0.39, 0.29) is 43.2 Å². The molecule has 0 fully saturated rings. The zero-order chi connectivity index (χ0) is 25.8. The number of benzene rings is 1. The predicted octanol–water partition coefficient (Wildman–Crippen LogP) is 3.21. The number of halogens is 2. The van der Waals surface area contributed by atoms with Gasteiger partial charge in [-0.05, 0) is 57.9 Å². The van der Waals surface area contributed by atoms with Gasteiger partial charge in [-0.3, -0.25) is 4.79 Å². The number of carbonyl (C=O) groups is 3. The summed E-state index contributed by atoms with van der Waals surface area (Å²) in [5.74, 6) is -1.58. The Labute approximate surface area is 202 Å². The van der Waals surface area contributed by atoms with Gasteiger partial charge in [-0.1, -0.05) is 0 Å². The van der Waals surface area contributed by atoms with E-state index in [1.165, 1.54) is 0 Å². The van der Waals surface area contributed by atoms with Crippen LogP contribution in [0.5, 0.6) is 0 Å². The van der Waals surface area contributed by atoms with Gasteiger partial charge in [0.15, 0.2) is 5.69 Å². The Morgan fingerprint density at radius 3 is 2.63 bits per heavy atom. The van der Waals surface area contributed by atoms with Crippen LogP contribution in [-0.4, -0.2) is 57.2 Å². The molecule has 1 atom stereocenters. The molecule has 2 heterocycles. The average molecular weight is 493 g/mol. The van der Waals surface area contributed by atoms with Crippen LogP contribution in [0.25, 0.3) is 0 Å². The van der Waals surface area contributed by atoms with Crippen LogP contribution in [0, 0.1) is 11.6 Å². The van der Waals surface area contributed by atoms with Gasteiger partial charge in [-0.2, -0.15) is 0 Å². The van der Waals surface area contributed by atoms with E-state index < -0.39 is 35.3 Å². The van der Waals surface area contributed by atoms with E-state index in [0.29, 0.717) is 18.9 Å². The first-order chi connectivity index (χ1) is 16.4. The summed E-state index contributed by atoms with van der Waals surface area (Å²) in [5.41, 5.74) is -0.571. The molecule has 1 unspecified atom stereocenters. The second-order valence-corrected chi connectivity index (χ2v) is 9.26. The first kappa shape index (κ1) is 26.1. The molecular weight excluding hydrogens is 462 g/mol. The molecule has 11 heteroatoms. The number of carbonyl (C=O) groups excluding carboxylic acids is 3. The molecule has 9 nitrogen and oxygen atoms in total. The molecule has 1 N–H and O–H groups in total. The summed E-state index contributed by atoms with van der Waals surface area (Å²) in [5, 5.41) is 2.61. The van der Waals surface area contributed by atoms with Crippen molar-refractivity contribution >= 4 is 18.0 Å². The third-order valence-electron chi connectivity index (χ3n) is 5.26. The van der Waals surface area contributed by atoms with Crippen molar-refractivity contribution in [2.24, 2.45) is 0 Å². The largest absolute Gasteiger partial charge is 0.461 e. The minimum Gasteiger partial charge on any atom is -0.461 e. The highest BCUT2D eigenvalue weighted by molar-refractivity contribution is 5.87. The number of nitrogens with zero attached hydrogens (tertiary/aromatic N) is 3. The molecule has 2 aromatic rings. The van der Waals surface area contributed by atoms with Gasteiger partial charge < -0.3 is 24.3 Å². The van der Waals surface area contributed by atoms with Crippen LogP contribution < -0.4 is 5.32 Å². The molecule has 3 rings (SSSR count). The minimum absolute atomic E-state index is 0.0344. The summed E-state index contributed by atoms with van der Waals surface area (Å²) >= 11 is 0. The molecule has 190 valence electrons. The smallest absolute Gasteiger partial charge is 0.407 e. The molecule has 1 aromatic carbocycles. The first-order valence-electron chi connectivity index (χ1n) is 11.4. The van der Waals surface area contributed by atoms with Crippen molar-refractivity contribution in [3.05, 3.63) is 53.1 Å². The second-order valence-electron chi connectivity index (χ2n) is 9.26. The molecule has 1 aliphatic heterocycles. The maximum atomic E-state index is 14.3. The van der Waals surface area contributed by atoms with E-state index >= 15 is 0 Å². The lowest BCUT2D eigenvalue weighted by Crippen LogP contribution is -2.45.